The zero-order valence-electron chi connectivity index (χ0n) is 15.2. The Labute approximate surface area is 162 Å². The van der Waals surface area contributed by atoms with Crippen LogP contribution in [0.2, 0.25) is 0 Å². The van der Waals surface area contributed by atoms with E-state index in [-0.39, 0.29) is 11.7 Å². The topological polar surface area (TPSA) is 72.7 Å². The zero-order valence-corrected chi connectivity index (χ0v) is 15.2. The Hall–Kier alpha value is -3.54. The molecule has 28 heavy (non-hydrogen) atoms. The predicted molar refractivity (Wildman–Crippen MR) is 107 cm³/mol. The third-order valence-corrected chi connectivity index (χ3v) is 5.01. The first kappa shape index (κ1) is 16.6. The number of aromatic nitrogens is 4. The number of carbonyl (C=O) groups is 1. The van der Waals surface area contributed by atoms with Crippen molar-refractivity contribution in [1.82, 2.24) is 19.5 Å². The Morgan fingerprint density at radius 3 is 2.54 bits per heavy atom. The number of Topliss-reactive ketones (excluding diaryl/α,β-unsaturated/α-hetero) is 1. The Kier molecular flexibility index (Phi) is 4.09. The van der Waals surface area contributed by atoms with E-state index in [2.05, 4.69) is 32.4 Å². The van der Waals surface area contributed by atoms with E-state index in [9.17, 15) is 4.79 Å². The number of nitrogens with one attached hydrogen (secondary N) is 1. The van der Waals surface area contributed by atoms with Crippen LogP contribution in [-0.4, -0.2) is 25.3 Å². The SMILES string of the molecule is O=C(c1ccc(-n2cnc3c(NCc4ccccc4)ncnc32)cc1)C1CC1. The maximum atomic E-state index is 12.2. The van der Waals surface area contributed by atoms with E-state index >= 15 is 0 Å². The van der Waals surface area contributed by atoms with Crippen LogP contribution in [0.15, 0.2) is 67.3 Å². The molecule has 1 N–H and O–H groups in total. The molecule has 6 heteroatoms. The minimum atomic E-state index is 0.228. The van der Waals surface area contributed by atoms with Crippen molar-refractivity contribution >= 4 is 22.8 Å². The first-order valence-corrected chi connectivity index (χ1v) is 9.40. The quantitative estimate of drug-likeness (QED) is 0.520. The number of carbonyl (C=O) groups excluding carboxylic acids is 1. The van der Waals surface area contributed by atoms with Crippen molar-refractivity contribution in [1.29, 1.82) is 0 Å². The van der Waals surface area contributed by atoms with Crippen molar-refractivity contribution < 1.29 is 4.79 Å². The second-order valence-corrected chi connectivity index (χ2v) is 7.03. The van der Waals surface area contributed by atoms with Gasteiger partial charge in [0.25, 0.3) is 0 Å². The van der Waals surface area contributed by atoms with Crippen molar-refractivity contribution in [2.45, 2.75) is 19.4 Å². The van der Waals surface area contributed by atoms with Crippen LogP contribution in [0.4, 0.5) is 5.82 Å². The van der Waals surface area contributed by atoms with Gasteiger partial charge >= 0.3 is 0 Å². The summed E-state index contributed by atoms with van der Waals surface area (Å²) < 4.78 is 1.91. The van der Waals surface area contributed by atoms with Crippen LogP contribution in [0, 0.1) is 5.92 Å². The van der Waals surface area contributed by atoms with Gasteiger partial charge in [-0.05, 0) is 42.7 Å². The zero-order chi connectivity index (χ0) is 18.9. The van der Waals surface area contributed by atoms with Crippen molar-refractivity contribution in [2.24, 2.45) is 5.92 Å². The Balaban J connectivity index is 1.42. The summed E-state index contributed by atoms with van der Waals surface area (Å²) in [6, 6.07) is 17.8. The van der Waals surface area contributed by atoms with Crippen LogP contribution in [-0.2, 0) is 6.54 Å². The molecule has 2 aromatic heterocycles. The highest BCUT2D eigenvalue weighted by Gasteiger charge is 2.30. The number of nitrogens with zero attached hydrogens (tertiary/aromatic N) is 4. The van der Waals surface area contributed by atoms with Gasteiger partial charge in [-0.2, -0.15) is 0 Å². The monoisotopic (exact) mass is 369 g/mol. The standard InChI is InChI=1S/C22H19N5O/c28-20(16-6-7-16)17-8-10-18(11-9-17)27-14-26-19-21(24-13-25-22(19)27)23-12-15-4-2-1-3-5-15/h1-5,8-11,13-14,16H,6-7,12H2,(H,23,24,25). The fourth-order valence-corrected chi connectivity index (χ4v) is 3.30. The van der Waals surface area contributed by atoms with Crippen molar-refractivity contribution in [3.8, 4) is 5.69 Å². The summed E-state index contributed by atoms with van der Waals surface area (Å²) in [7, 11) is 0. The van der Waals surface area contributed by atoms with Gasteiger partial charge in [0.1, 0.15) is 12.7 Å². The average Bonchev–Trinajstić information content (AvgIpc) is 3.51. The van der Waals surface area contributed by atoms with E-state index in [1.165, 1.54) is 5.56 Å². The number of rotatable bonds is 6. The number of anilines is 1. The molecule has 6 nitrogen and oxygen atoms in total. The van der Waals surface area contributed by atoms with Crippen molar-refractivity contribution in [3.63, 3.8) is 0 Å². The maximum absolute atomic E-state index is 12.2. The summed E-state index contributed by atoms with van der Waals surface area (Å²) in [6.45, 7) is 0.664. The molecule has 0 radical (unpaired) electrons. The van der Waals surface area contributed by atoms with Gasteiger partial charge in [0.2, 0.25) is 0 Å². The largest absolute Gasteiger partial charge is 0.364 e. The molecule has 2 heterocycles. The Bertz CT molecular complexity index is 1130. The third kappa shape index (κ3) is 3.13. The second kappa shape index (κ2) is 6.88. The first-order chi connectivity index (χ1) is 13.8. The number of fused-ring (bicyclic) bond motifs is 1. The van der Waals surface area contributed by atoms with Gasteiger partial charge < -0.3 is 5.32 Å². The van der Waals surface area contributed by atoms with Gasteiger partial charge in [-0.3, -0.25) is 9.36 Å². The molecule has 1 saturated carbocycles. The molecular weight excluding hydrogens is 350 g/mol. The molecule has 5 rings (SSSR count). The highest BCUT2D eigenvalue weighted by atomic mass is 16.1. The van der Waals surface area contributed by atoms with E-state index in [4.69, 9.17) is 0 Å². The normalized spacial score (nSPS) is 13.6. The number of hydrogen-bond acceptors (Lipinski definition) is 5. The van der Waals surface area contributed by atoms with Crippen LogP contribution >= 0.6 is 0 Å². The first-order valence-electron chi connectivity index (χ1n) is 9.40. The fraction of sp³-hybridized carbons (Fsp3) is 0.182. The van der Waals surface area contributed by atoms with E-state index in [0.717, 1.165) is 35.3 Å². The van der Waals surface area contributed by atoms with Crippen molar-refractivity contribution in [3.05, 3.63) is 78.4 Å². The summed E-state index contributed by atoms with van der Waals surface area (Å²) >= 11 is 0. The van der Waals surface area contributed by atoms with Gasteiger partial charge in [0.15, 0.2) is 22.8 Å². The summed E-state index contributed by atoms with van der Waals surface area (Å²) in [5.74, 6) is 1.18. The Morgan fingerprint density at radius 1 is 1.00 bits per heavy atom. The van der Waals surface area contributed by atoms with E-state index in [1.54, 1.807) is 12.7 Å². The van der Waals surface area contributed by atoms with Crippen LogP contribution < -0.4 is 5.32 Å². The van der Waals surface area contributed by atoms with Crippen LogP contribution in [0.1, 0.15) is 28.8 Å². The molecule has 1 aliphatic carbocycles. The number of ketones is 1. The van der Waals surface area contributed by atoms with Gasteiger partial charge in [-0.1, -0.05) is 30.3 Å². The van der Waals surface area contributed by atoms with E-state index < -0.39 is 0 Å². The Morgan fingerprint density at radius 2 is 1.79 bits per heavy atom. The summed E-state index contributed by atoms with van der Waals surface area (Å²) in [5, 5.41) is 3.34. The molecule has 0 bridgehead atoms. The molecule has 0 aliphatic heterocycles. The lowest BCUT2D eigenvalue weighted by Gasteiger charge is -2.07. The van der Waals surface area contributed by atoms with Crippen molar-refractivity contribution in [2.75, 3.05) is 5.32 Å². The average molecular weight is 369 g/mol. The third-order valence-electron chi connectivity index (χ3n) is 5.01. The minimum absolute atomic E-state index is 0.228. The van der Waals surface area contributed by atoms with Crippen LogP contribution in [0.5, 0.6) is 0 Å². The van der Waals surface area contributed by atoms with Gasteiger partial charge in [-0.15, -0.1) is 0 Å². The summed E-state index contributed by atoms with van der Waals surface area (Å²) in [5.41, 5.74) is 4.31. The fourth-order valence-electron chi connectivity index (χ4n) is 3.30. The molecule has 0 atom stereocenters. The molecule has 1 aliphatic rings. The highest BCUT2D eigenvalue weighted by molar-refractivity contribution is 5.99. The maximum Gasteiger partial charge on any atom is 0.170 e. The lowest BCUT2D eigenvalue weighted by molar-refractivity contribution is 0.0967. The molecule has 0 spiro atoms. The van der Waals surface area contributed by atoms with Crippen LogP contribution in [0.25, 0.3) is 16.9 Å². The van der Waals surface area contributed by atoms with E-state index in [0.29, 0.717) is 12.4 Å². The van der Waals surface area contributed by atoms with Gasteiger partial charge in [0, 0.05) is 23.7 Å². The molecule has 4 aromatic rings. The molecule has 0 saturated heterocycles. The molecular formula is C22H19N5O. The lowest BCUT2D eigenvalue weighted by atomic mass is 10.1. The van der Waals surface area contributed by atoms with Crippen LogP contribution in [0.3, 0.4) is 0 Å². The second-order valence-electron chi connectivity index (χ2n) is 7.03. The smallest absolute Gasteiger partial charge is 0.170 e. The minimum Gasteiger partial charge on any atom is -0.364 e. The summed E-state index contributed by atoms with van der Waals surface area (Å²) in [6.07, 6.45) is 5.31. The predicted octanol–water partition coefficient (Wildman–Crippen LogP) is 4.02. The van der Waals surface area contributed by atoms with E-state index in [1.807, 2.05) is 47.0 Å². The molecule has 0 amide bonds. The lowest BCUT2D eigenvalue weighted by Crippen LogP contribution is -2.03. The van der Waals surface area contributed by atoms with Gasteiger partial charge in [0.05, 0.1) is 0 Å². The summed E-state index contributed by atoms with van der Waals surface area (Å²) in [4.78, 5) is 25.5. The molecule has 138 valence electrons. The molecule has 1 fully saturated rings. The number of imidazole rings is 1. The molecule has 0 unspecified atom stereocenters. The number of hydrogen-bond donors (Lipinski definition) is 1. The molecule has 2 aromatic carbocycles. The van der Waals surface area contributed by atoms with Gasteiger partial charge in [-0.25, -0.2) is 15.0 Å². The number of benzene rings is 2. The highest BCUT2D eigenvalue weighted by Crippen LogP contribution is 2.32.